The molecule has 0 aromatic rings. The summed E-state index contributed by atoms with van der Waals surface area (Å²) in [5, 5.41) is 32.9. The van der Waals surface area contributed by atoms with Crippen molar-refractivity contribution in [3.63, 3.8) is 0 Å². The number of rotatable bonds is 31. The predicted octanol–water partition coefficient (Wildman–Crippen LogP) is 8.92. The number of carbonyl (C=O) groups is 1. The molecule has 3 atom stereocenters. The first kappa shape index (κ1) is 39.1. The standard InChI is InChI=1S/C35H69NO4/c1-3-5-7-9-11-13-15-17-19-21-23-25-27-29-33(38)32(31-37)36-35(40)34(39)30-28-26-24-22-20-18-16-14-12-10-8-6-4-2/h27,29,32-34,37-39H,3-26,28,30-31H2,1-2H3,(H,36,40)/b29-27+/t32-,33+,34+/m0/s1. The first-order chi connectivity index (χ1) is 19.6. The highest BCUT2D eigenvalue weighted by molar-refractivity contribution is 5.80. The number of hydrogen-bond donors (Lipinski definition) is 4. The lowest BCUT2D eigenvalue weighted by molar-refractivity contribution is -0.131. The van der Waals surface area contributed by atoms with Crippen LogP contribution in [0.5, 0.6) is 0 Å². The van der Waals surface area contributed by atoms with E-state index in [2.05, 4.69) is 19.2 Å². The zero-order chi connectivity index (χ0) is 29.5. The van der Waals surface area contributed by atoms with Crippen LogP contribution in [0.1, 0.15) is 181 Å². The van der Waals surface area contributed by atoms with Crippen LogP contribution >= 0.6 is 0 Å². The maximum atomic E-state index is 12.3. The van der Waals surface area contributed by atoms with Gasteiger partial charge in [-0.3, -0.25) is 4.79 Å². The summed E-state index contributed by atoms with van der Waals surface area (Å²) in [7, 11) is 0. The Morgan fingerprint density at radius 3 is 1.38 bits per heavy atom. The number of aliphatic hydroxyl groups excluding tert-OH is 3. The molecule has 0 bridgehead atoms. The second-order valence-electron chi connectivity index (χ2n) is 12.1. The van der Waals surface area contributed by atoms with Gasteiger partial charge < -0.3 is 20.6 Å². The summed E-state index contributed by atoms with van der Waals surface area (Å²) in [5.74, 6) is -0.504. The highest BCUT2D eigenvalue weighted by Gasteiger charge is 2.22. The molecule has 4 N–H and O–H groups in total. The van der Waals surface area contributed by atoms with Crippen LogP contribution in [0.25, 0.3) is 0 Å². The molecule has 0 spiro atoms. The van der Waals surface area contributed by atoms with Gasteiger partial charge in [0.1, 0.15) is 6.10 Å². The number of carbonyl (C=O) groups excluding carboxylic acids is 1. The lowest BCUT2D eigenvalue weighted by Gasteiger charge is -2.21. The average Bonchev–Trinajstić information content (AvgIpc) is 2.96. The number of allylic oxidation sites excluding steroid dienone is 1. The molecular formula is C35H69NO4. The number of aliphatic hydroxyl groups is 3. The van der Waals surface area contributed by atoms with Crippen LogP contribution in [0.15, 0.2) is 12.2 Å². The Bertz CT molecular complexity index is 554. The molecule has 40 heavy (non-hydrogen) atoms. The third kappa shape index (κ3) is 26.0. The topological polar surface area (TPSA) is 89.8 Å². The summed E-state index contributed by atoms with van der Waals surface area (Å²) in [6, 6.07) is -0.789. The highest BCUT2D eigenvalue weighted by atomic mass is 16.3. The number of unbranched alkanes of at least 4 members (excludes halogenated alkanes) is 23. The normalized spacial score (nSPS) is 14.0. The van der Waals surface area contributed by atoms with Gasteiger partial charge in [0.25, 0.3) is 0 Å². The second kappa shape index (κ2) is 31.0. The Labute approximate surface area is 249 Å². The number of nitrogens with one attached hydrogen (secondary N) is 1. The first-order valence-corrected chi connectivity index (χ1v) is 17.5. The zero-order valence-electron chi connectivity index (χ0n) is 26.7. The molecule has 0 radical (unpaired) electrons. The summed E-state index contributed by atoms with van der Waals surface area (Å²) in [5.41, 5.74) is 0. The Morgan fingerprint density at radius 1 is 0.600 bits per heavy atom. The molecule has 5 nitrogen and oxygen atoms in total. The molecule has 1 amide bonds. The van der Waals surface area contributed by atoms with Crippen LogP contribution in [0, 0.1) is 0 Å². The molecule has 0 aliphatic carbocycles. The molecule has 0 saturated carbocycles. The van der Waals surface area contributed by atoms with E-state index in [0.717, 1.165) is 32.1 Å². The van der Waals surface area contributed by atoms with Gasteiger partial charge >= 0.3 is 0 Å². The van der Waals surface area contributed by atoms with E-state index in [-0.39, 0.29) is 6.61 Å². The molecular weight excluding hydrogens is 498 g/mol. The van der Waals surface area contributed by atoms with Crippen LogP contribution in [-0.2, 0) is 4.79 Å². The van der Waals surface area contributed by atoms with Crippen molar-refractivity contribution in [2.45, 2.75) is 199 Å². The van der Waals surface area contributed by atoms with Crippen LogP contribution < -0.4 is 5.32 Å². The van der Waals surface area contributed by atoms with Gasteiger partial charge in [0, 0.05) is 0 Å². The highest BCUT2D eigenvalue weighted by Crippen LogP contribution is 2.14. The van der Waals surface area contributed by atoms with Gasteiger partial charge in [0.05, 0.1) is 18.8 Å². The largest absolute Gasteiger partial charge is 0.394 e. The van der Waals surface area contributed by atoms with E-state index in [4.69, 9.17) is 0 Å². The van der Waals surface area contributed by atoms with Crippen LogP contribution in [0.3, 0.4) is 0 Å². The van der Waals surface area contributed by atoms with Crippen LogP contribution in [0.2, 0.25) is 0 Å². The smallest absolute Gasteiger partial charge is 0.249 e. The van der Waals surface area contributed by atoms with Gasteiger partial charge in [-0.05, 0) is 19.3 Å². The summed E-state index contributed by atoms with van der Waals surface area (Å²) in [4.78, 5) is 12.3. The van der Waals surface area contributed by atoms with Crippen molar-refractivity contribution in [2.75, 3.05) is 6.61 Å². The fourth-order valence-electron chi connectivity index (χ4n) is 5.30. The van der Waals surface area contributed by atoms with E-state index in [1.165, 1.54) is 128 Å². The minimum absolute atomic E-state index is 0.360. The minimum Gasteiger partial charge on any atom is -0.394 e. The van der Waals surface area contributed by atoms with Gasteiger partial charge in [-0.1, -0.05) is 174 Å². The SMILES string of the molecule is CCCCCCCCCCCCC/C=C/[C@@H](O)[C@H](CO)NC(=O)[C@H](O)CCCCCCCCCCCCCCC. The summed E-state index contributed by atoms with van der Waals surface area (Å²) in [6.45, 7) is 4.15. The maximum absolute atomic E-state index is 12.3. The molecule has 0 unspecified atom stereocenters. The van der Waals surface area contributed by atoms with Gasteiger partial charge in [-0.2, -0.15) is 0 Å². The van der Waals surface area contributed by atoms with E-state index in [1.54, 1.807) is 6.08 Å². The molecule has 0 rings (SSSR count). The van der Waals surface area contributed by atoms with Crippen molar-refractivity contribution in [3.05, 3.63) is 12.2 Å². The van der Waals surface area contributed by atoms with Gasteiger partial charge in [-0.25, -0.2) is 0 Å². The van der Waals surface area contributed by atoms with E-state index >= 15 is 0 Å². The van der Waals surface area contributed by atoms with E-state index in [0.29, 0.717) is 6.42 Å². The van der Waals surface area contributed by atoms with Crippen LogP contribution in [0.4, 0.5) is 0 Å². The quantitative estimate of drug-likeness (QED) is 0.0497. The van der Waals surface area contributed by atoms with Crippen molar-refractivity contribution in [2.24, 2.45) is 0 Å². The second-order valence-corrected chi connectivity index (χ2v) is 12.1. The molecule has 0 aromatic heterocycles. The van der Waals surface area contributed by atoms with E-state index in [9.17, 15) is 20.1 Å². The fraction of sp³-hybridized carbons (Fsp3) is 0.914. The number of amides is 1. The predicted molar refractivity (Wildman–Crippen MR) is 172 cm³/mol. The summed E-state index contributed by atoms with van der Waals surface area (Å²) < 4.78 is 0. The van der Waals surface area contributed by atoms with Crippen molar-refractivity contribution in [1.82, 2.24) is 5.32 Å². The summed E-state index contributed by atoms with van der Waals surface area (Å²) in [6.07, 6.45) is 33.6. The molecule has 5 heteroatoms. The maximum Gasteiger partial charge on any atom is 0.249 e. The Hall–Kier alpha value is -0.910. The first-order valence-electron chi connectivity index (χ1n) is 17.5. The lowest BCUT2D eigenvalue weighted by Crippen LogP contribution is -2.48. The van der Waals surface area contributed by atoms with Gasteiger partial charge in [0.15, 0.2) is 0 Å². The van der Waals surface area contributed by atoms with Crippen LogP contribution in [-0.4, -0.2) is 46.1 Å². The van der Waals surface area contributed by atoms with E-state index < -0.39 is 24.2 Å². The van der Waals surface area contributed by atoms with Crippen molar-refractivity contribution >= 4 is 5.91 Å². The Balaban J connectivity index is 3.76. The third-order valence-corrected chi connectivity index (χ3v) is 8.13. The minimum atomic E-state index is -1.09. The molecule has 0 aromatic carbocycles. The molecule has 0 heterocycles. The number of hydrogen-bond acceptors (Lipinski definition) is 4. The van der Waals surface area contributed by atoms with Gasteiger partial charge in [0.2, 0.25) is 5.91 Å². The lowest BCUT2D eigenvalue weighted by atomic mass is 10.0. The fourth-order valence-corrected chi connectivity index (χ4v) is 5.30. The molecule has 0 fully saturated rings. The van der Waals surface area contributed by atoms with Crippen molar-refractivity contribution < 1.29 is 20.1 Å². The molecule has 0 aliphatic heterocycles. The summed E-state index contributed by atoms with van der Waals surface area (Å²) >= 11 is 0. The molecule has 238 valence electrons. The Morgan fingerprint density at radius 2 is 0.975 bits per heavy atom. The molecule has 0 aliphatic rings. The van der Waals surface area contributed by atoms with Crippen molar-refractivity contribution in [3.8, 4) is 0 Å². The zero-order valence-corrected chi connectivity index (χ0v) is 26.7. The Kier molecular flexibility index (Phi) is 30.3. The molecule has 0 saturated heterocycles. The van der Waals surface area contributed by atoms with Crippen molar-refractivity contribution in [1.29, 1.82) is 0 Å². The van der Waals surface area contributed by atoms with Gasteiger partial charge in [-0.15, -0.1) is 0 Å². The third-order valence-electron chi connectivity index (χ3n) is 8.13. The monoisotopic (exact) mass is 568 g/mol. The van der Waals surface area contributed by atoms with E-state index in [1.807, 2.05) is 6.08 Å². The average molecular weight is 568 g/mol.